The lowest BCUT2D eigenvalue weighted by atomic mass is 9.97. The minimum Gasteiger partial charge on any atom is -0.497 e. The molecule has 0 bridgehead atoms. The third-order valence-electron chi connectivity index (χ3n) is 2.90. The van der Waals surface area contributed by atoms with Crippen molar-refractivity contribution in [3.05, 3.63) is 58.1 Å². The second kappa shape index (κ2) is 5.43. The summed E-state index contributed by atoms with van der Waals surface area (Å²) >= 11 is 0. The number of nitrogens with zero attached hydrogens (tertiary/aromatic N) is 1. The molecule has 0 N–H and O–H groups in total. The van der Waals surface area contributed by atoms with Crippen molar-refractivity contribution in [3.63, 3.8) is 0 Å². The van der Waals surface area contributed by atoms with Crippen LogP contribution >= 0.6 is 0 Å². The van der Waals surface area contributed by atoms with Crippen LogP contribution in [0.2, 0.25) is 0 Å². The molecule has 0 aliphatic heterocycles. The lowest BCUT2D eigenvalue weighted by Gasteiger charge is -2.13. The van der Waals surface area contributed by atoms with Crippen LogP contribution in [0.5, 0.6) is 5.75 Å². The Morgan fingerprint density at radius 1 is 1.14 bits per heavy atom. The van der Waals surface area contributed by atoms with Gasteiger partial charge in [-0.2, -0.15) is 13.2 Å². The summed E-state index contributed by atoms with van der Waals surface area (Å²) in [5.41, 5.74) is -2.04. The quantitative estimate of drug-likeness (QED) is 0.627. The van der Waals surface area contributed by atoms with Crippen LogP contribution < -0.4 is 4.74 Å². The Labute approximate surface area is 117 Å². The lowest BCUT2D eigenvalue weighted by molar-refractivity contribution is -0.384. The molecule has 4 nitrogen and oxygen atoms in total. The molecule has 7 heteroatoms. The van der Waals surface area contributed by atoms with E-state index in [9.17, 15) is 23.3 Å². The normalized spacial score (nSPS) is 11.2. The number of rotatable bonds is 3. The van der Waals surface area contributed by atoms with Gasteiger partial charge in [-0.05, 0) is 23.8 Å². The molecule has 2 aromatic rings. The van der Waals surface area contributed by atoms with Crippen molar-refractivity contribution in [3.8, 4) is 16.9 Å². The van der Waals surface area contributed by atoms with E-state index in [-0.39, 0.29) is 5.56 Å². The van der Waals surface area contributed by atoms with Gasteiger partial charge in [0.2, 0.25) is 0 Å². The maximum absolute atomic E-state index is 13.1. The first-order valence-corrected chi connectivity index (χ1v) is 5.83. The van der Waals surface area contributed by atoms with Crippen molar-refractivity contribution >= 4 is 5.69 Å². The number of methoxy groups -OCH3 is 1. The van der Waals surface area contributed by atoms with Crippen molar-refractivity contribution in [1.82, 2.24) is 0 Å². The van der Waals surface area contributed by atoms with E-state index in [1.54, 1.807) is 6.07 Å². The number of hydrogen-bond donors (Lipinski definition) is 0. The third kappa shape index (κ3) is 2.96. The summed E-state index contributed by atoms with van der Waals surface area (Å²) < 4.78 is 44.3. The topological polar surface area (TPSA) is 52.4 Å². The van der Waals surface area contributed by atoms with Crippen LogP contribution in [0.3, 0.4) is 0 Å². The zero-order valence-corrected chi connectivity index (χ0v) is 10.8. The molecule has 0 unspecified atom stereocenters. The Bertz CT molecular complexity index is 683. The number of ether oxygens (including phenoxy) is 1. The van der Waals surface area contributed by atoms with E-state index < -0.39 is 27.9 Å². The monoisotopic (exact) mass is 297 g/mol. The van der Waals surface area contributed by atoms with Gasteiger partial charge in [-0.15, -0.1) is 0 Å². The molecule has 0 aliphatic rings. The molecule has 0 spiro atoms. The van der Waals surface area contributed by atoms with Crippen LogP contribution in [0.15, 0.2) is 42.5 Å². The fraction of sp³-hybridized carbons (Fsp3) is 0.143. The second-order valence-electron chi connectivity index (χ2n) is 4.19. The Hall–Kier alpha value is -2.57. The van der Waals surface area contributed by atoms with Crippen LogP contribution in [-0.4, -0.2) is 12.0 Å². The predicted molar refractivity (Wildman–Crippen MR) is 70.1 cm³/mol. The molecule has 0 saturated heterocycles. The number of nitro groups is 1. The van der Waals surface area contributed by atoms with Gasteiger partial charge in [0.05, 0.1) is 23.2 Å². The highest BCUT2D eigenvalue weighted by Gasteiger charge is 2.37. The first-order chi connectivity index (χ1) is 9.84. The Kier molecular flexibility index (Phi) is 3.84. The maximum atomic E-state index is 13.1. The molecular weight excluding hydrogens is 287 g/mol. The van der Waals surface area contributed by atoms with Gasteiger partial charge >= 0.3 is 6.18 Å². The van der Waals surface area contributed by atoms with E-state index in [0.717, 1.165) is 18.2 Å². The summed E-state index contributed by atoms with van der Waals surface area (Å²) in [4.78, 5) is 10.2. The zero-order chi connectivity index (χ0) is 15.6. The molecule has 0 radical (unpaired) electrons. The average molecular weight is 297 g/mol. The molecule has 21 heavy (non-hydrogen) atoms. The van der Waals surface area contributed by atoms with Crippen LogP contribution in [0.1, 0.15) is 5.56 Å². The average Bonchev–Trinajstić information content (AvgIpc) is 2.45. The van der Waals surface area contributed by atoms with Crippen molar-refractivity contribution in [1.29, 1.82) is 0 Å². The molecule has 110 valence electrons. The van der Waals surface area contributed by atoms with Gasteiger partial charge in [0.15, 0.2) is 0 Å². The van der Waals surface area contributed by atoms with Gasteiger partial charge < -0.3 is 4.74 Å². The fourth-order valence-corrected chi connectivity index (χ4v) is 2.01. The van der Waals surface area contributed by atoms with Crippen LogP contribution in [0.4, 0.5) is 18.9 Å². The number of alkyl halides is 3. The Morgan fingerprint density at radius 2 is 1.81 bits per heavy atom. The largest absolute Gasteiger partial charge is 0.497 e. The third-order valence-corrected chi connectivity index (χ3v) is 2.90. The zero-order valence-electron chi connectivity index (χ0n) is 10.8. The van der Waals surface area contributed by atoms with Crippen LogP contribution in [-0.2, 0) is 6.18 Å². The standard InChI is InChI=1S/C14H10F3NO3/c1-21-10-5-2-4-9(8-10)13-11(14(15,16)17)6-3-7-12(13)18(19)20/h2-8H,1H3. The number of nitro benzene ring substituents is 1. The van der Waals surface area contributed by atoms with Gasteiger partial charge in [0, 0.05) is 6.07 Å². The van der Waals surface area contributed by atoms with Crippen molar-refractivity contribution in [2.45, 2.75) is 6.18 Å². The fourth-order valence-electron chi connectivity index (χ4n) is 2.01. The van der Waals surface area contributed by atoms with E-state index >= 15 is 0 Å². The molecule has 0 amide bonds. The first kappa shape index (κ1) is 14.8. The van der Waals surface area contributed by atoms with E-state index in [2.05, 4.69) is 0 Å². The smallest absolute Gasteiger partial charge is 0.417 e. The van der Waals surface area contributed by atoms with Crippen LogP contribution in [0, 0.1) is 10.1 Å². The first-order valence-electron chi connectivity index (χ1n) is 5.83. The van der Waals surface area contributed by atoms with Crippen LogP contribution in [0.25, 0.3) is 11.1 Å². The summed E-state index contributed by atoms with van der Waals surface area (Å²) in [6, 6.07) is 8.62. The van der Waals surface area contributed by atoms with Gasteiger partial charge in [0.1, 0.15) is 5.75 Å². The van der Waals surface area contributed by atoms with Gasteiger partial charge in [-0.1, -0.05) is 18.2 Å². The van der Waals surface area contributed by atoms with E-state index in [1.165, 1.54) is 25.3 Å². The molecule has 2 aromatic carbocycles. The molecular formula is C14H10F3NO3. The highest BCUT2D eigenvalue weighted by atomic mass is 19.4. The Morgan fingerprint density at radius 3 is 2.38 bits per heavy atom. The SMILES string of the molecule is COc1cccc(-c2c([N+](=O)[O-])cccc2C(F)(F)F)c1. The van der Waals surface area contributed by atoms with Gasteiger partial charge in [-0.3, -0.25) is 10.1 Å². The van der Waals surface area contributed by atoms with E-state index in [0.29, 0.717) is 5.75 Å². The van der Waals surface area contributed by atoms with Crippen molar-refractivity contribution < 1.29 is 22.8 Å². The molecule has 0 aliphatic carbocycles. The van der Waals surface area contributed by atoms with E-state index in [1.807, 2.05) is 0 Å². The van der Waals surface area contributed by atoms with E-state index in [4.69, 9.17) is 4.74 Å². The second-order valence-corrected chi connectivity index (χ2v) is 4.19. The molecule has 0 atom stereocenters. The predicted octanol–water partition coefficient (Wildman–Crippen LogP) is 4.29. The molecule has 0 heterocycles. The van der Waals surface area contributed by atoms with Crippen molar-refractivity contribution in [2.75, 3.05) is 7.11 Å². The molecule has 0 aromatic heterocycles. The van der Waals surface area contributed by atoms with Crippen molar-refractivity contribution in [2.24, 2.45) is 0 Å². The minimum absolute atomic E-state index is 0.0778. The molecule has 0 saturated carbocycles. The highest BCUT2D eigenvalue weighted by molar-refractivity contribution is 5.78. The molecule has 2 rings (SSSR count). The summed E-state index contributed by atoms with van der Waals surface area (Å²) in [5, 5.41) is 11.0. The molecule has 0 fully saturated rings. The number of halogens is 3. The van der Waals surface area contributed by atoms with Gasteiger partial charge in [-0.25, -0.2) is 0 Å². The van der Waals surface area contributed by atoms with Gasteiger partial charge in [0.25, 0.3) is 5.69 Å². The maximum Gasteiger partial charge on any atom is 0.417 e. The minimum atomic E-state index is -4.69. The number of hydrogen-bond acceptors (Lipinski definition) is 3. The summed E-state index contributed by atoms with van der Waals surface area (Å²) in [7, 11) is 1.36. The lowest BCUT2D eigenvalue weighted by Crippen LogP contribution is -2.08. The highest BCUT2D eigenvalue weighted by Crippen LogP contribution is 2.42. The number of benzene rings is 2. The summed E-state index contributed by atoms with van der Waals surface area (Å²) in [6.45, 7) is 0. The summed E-state index contributed by atoms with van der Waals surface area (Å²) in [6.07, 6.45) is -4.69. The summed E-state index contributed by atoms with van der Waals surface area (Å²) in [5.74, 6) is 0.318. The Balaban J connectivity index is 2.77.